The smallest absolute Gasteiger partial charge is 0.416 e. The van der Waals surface area contributed by atoms with Crippen LogP contribution in [0.2, 0.25) is 0 Å². The van der Waals surface area contributed by atoms with Crippen LogP contribution in [-0.2, 0) is 31.0 Å². The van der Waals surface area contributed by atoms with E-state index in [4.69, 9.17) is 4.74 Å². The fourth-order valence-electron chi connectivity index (χ4n) is 3.19. The number of benzene rings is 3. The molecule has 0 saturated heterocycles. The van der Waals surface area contributed by atoms with Crippen LogP contribution >= 0.6 is 0 Å². The van der Waals surface area contributed by atoms with Crippen molar-refractivity contribution < 1.29 is 39.5 Å². The highest BCUT2D eigenvalue weighted by Gasteiger charge is 2.30. The minimum Gasteiger partial charge on any atom is -0.497 e. The van der Waals surface area contributed by atoms with Crippen LogP contribution in [0, 0.1) is 0 Å². The lowest BCUT2D eigenvalue weighted by molar-refractivity contribution is -0.137. The Morgan fingerprint density at radius 2 is 1.57 bits per heavy atom. The van der Waals surface area contributed by atoms with Crippen molar-refractivity contribution in [1.82, 2.24) is 0 Å². The van der Waals surface area contributed by atoms with Crippen molar-refractivity contribution in [3.63, 3.8) is 0 Å². The predicted molar refractivity (Wildman–Crippen MR) is 133 cm³/mol. The first-order chi connectivity index (χ1) is 17.2. The number of nitrogens with one attached hydrogen (secondary N) is 2. The van der Waals surface area contributed by atoms with Crippen LogP contribution in [0.15, 0.2) is 77.7 Å². The van der Waals surface area contributed by atoms with Gasteiger partial charge in [0.1, 0.15) is 12.3 Å². The molecule has 0 aliphatic carbocycles. The second-order valence-electron chi connectivity index (χ2n) is 7.73. The third-order valence-corrected chi connectivity index (χ3v) is 7.46. The highest BCUT2D eigenvalue weighted by atomic mass is 32.2. The van der Waals surface area contributed by atoms with Gasteiger partial charge in [0.05, 0.1) is 29.5 Å². The molecule has 0 unspecified atom stereocenters. The van der Waals surface area contributed by atoms with Crippen molar-refractivity contribution in [2.75, 3.05) is 34.3 Å². The highest BCUT2D eigenvalue weighted by Crippen LogP contribution is 2.31. The molecular weight excluding hydrogens is 535 g/mol. The molecule has 3 rings (SSSR count). The van der Waals surface area contributed by atoms with Crippen LogP contribution in [0.3, 0.4) is 0 Å². The van der Waals surface area contributed by atoms with Crippen molar-refractivity contribution in [2.24, 2.45) is 0 Å². The molecule has 0 bridgehead atoms. The Morgan fingerprint density at radius 3 is 2.16 bits per heavy atom. The first-order valence-electron chi connectivity index (χ1n) is 10.4. The number of hydrogen-bond donors (Lipinski definition) is 2. The Kier molecular flexibility index (Phi) is 8.03. The van der Waals surface area contributed by atoms with Gasteiger partial charge in [-0.3, -0.25) is 13.8 Å². The molecule has 3 aromatic rings. The molecule has 0 radical (unpaired) electrons. The van der Waals surface area contributed by atoms with Gasteiger partial charge >= 0.3 is 6.18 Å². The van der Waals surface area contributed by atoms with Crippen molar-refractivity contribution >= 4 is 43.0 Å². The van der Waals surface area contributed by atoms with E-state index < -0.39 is 44.2 Å². The Labute approximate surface area is 212 Å². The molecule has 0 aromatic heterocycles. The predicted octanol–water partition coefficient (Wildman–Crippen LogP) is 3.92. The number of halogens is 3. The van der Waals surface area contributed by atoms with Crippen molar-refractivity contribution in [3.8, 4) is 5.75 Å². The van der Waals surface area contributed by atoms with Gasteiger partial charge in [0.2, 0.25) is 15.9 Å². The van der Waals surface area contributed by atoms with Gasteiger partial charge < -0.3 is 10.1 Å². The molecule has 0 aliphatic rings. The Hall–Kier alpha value is -3.78. The van der Waals surface area contributed by atoms with Crippen LogP contribution in [0.5, 0.6) is 5.75 Å². The Balaban J connectivity index is 1.72. The van der Waals surface area contributed by atoms with Gasteiger partial charge in [-0.25, -0.2) is 16.8 Å². The number of carbonyl (C=O) groups is 1. The molecule has 2 N–H and O–H groups in total. The lowest BCUT2D eigenvalue weighted by atomic mass is 10.2. The van der Waals surface area contributed by atoms with E-state index in [1.54, 1.807) is 12.1 Å². The summed E-state index contributed by atoms with van der Waals surface area (Å²) in [6, 6.07) is 14.7. The molecule has 37 heavy (non-hydrogen) atoms. The normalized spacial score (nSPS) is 12.0. The van der Waals surface area contributed by atoms with E-state index in [1.807, 2.05) is 0 Å². The number of sulfonamides is 2. The van der Waals surface area contributed by atoms with Crippen molar-refractivity contribution in [1.29, 1.82) is 0 Å². The maximum absolute atomic E-state index is 12.9. The first kappa shape index (κ1) is 27.8. The summed E-state index contributed by atoms with van der Waals surface area (Å²) in [5.41, 5.74) is -0.908. The molecule has 9 nitrogen and oxygen atoms in total. The van der Waals surface area contributed by atoms with Gasteiger partial charge in [-0.1, -0.05) is 12.1 Å². The molecule has 1 amide bonds. The van der Waals surface area contributed by atoms with Crippen molar-refractivity contribution in [3.05, 3.63) is 78.4 Å². The average molecular weight is 558 g/mol. The molecular formula is C23H22F3N3O6S2. The summed E-state index contributed by atoms with van der Waals surface area (Å²) in [4.78, 5) is 12.3. The summed E-state index contributed by atoms with van der Waals surface area (Å²) in [5, 5.41) is 2.48. The van der Waals surface area contributed by atoms with Gasteiger partial charge in [-0.05, 0) is 54.6 Å². The molecule has 0 heterocycles. The summed E-state index contributed by atoms with van der Waals surface area (Å²) in [7, 11) is -6.66. The molecule has 3 aromatic carbocycles. The van der Waals surface area contributed by atoms with E-state index in [2.05, 4.69) is 10.0 Å². The molecule has 0 aliphatic heterocycles. The monoisotopic (exact) mass is 557 g/mol. The topological polar surface area (TPSA) is 122 Å². The van der Waals surface area contributed by atoms with E-state index in [1.165, 1.54) is 37.4 Å². The van der Waals surface area contributed by atoms with E-state index in [9.17, 15) is 34.8 Å². The van der Waals surface area contributed by atoms with Gasteiger partial charge in [-0.15, -0.1) is 0 Å². The molecule has 0 fully saturated rings. The zero-order valence-electron chi connectivity index (χ0n) is 19.5. The number of ether oxygens (including phenoxy) is 1. The van der Waals surface area contributed by atoms with Crippen LogP contribution < -0.4 is 19.1 Å². The summed E-state index contributed by atoms with van der Waals surface area (Å²) < 4.78 is 96.5. The highest BCUT2D eigenvalue weighted by molar-refractivity contribution is 7.92. The summed E-state index contributed by atoms with van der Waals surface area (Å²) in [6.45, 7) is -0.566. The number of alkyl halides is 3. The SMILES string of the molecule is COc1cccc(N(CC(=O)Nc2ccc(S(=O)(=O)Nc3cccc(C(F)(F)F)c3)cc2)S(C)(=O)=O)c1. The number of rotatable bonds is 9. The fraction of sp³-hybridized carbons (Fsp3) is 0.174. The molecule has 0 atom stereocenters. The minimum absolute atomic E-state index is 0.169. The van der Waals surface area contributed by atoms with Crippen LogP contribution in [0.4, 0.5) is 30.2 Å². The van der Waals surface area contributed by atoms with E-state index >= 15 is 0 Å². The quantitative estimate of drug-likeness (QED) is 0.411. The van der Waals surface area contributed by atoms with Gasteiger partial charge in [0.25, 0.3) is 10.0 Å². The lowest BCUT2D eigenvalue weighted by Gasteiger charge is -2.22. The second-order valence-corrected chi connectivity index (χ2v) is 11.3. The molecule has 14 heteroatoms. The van der Waals surface area contributed by atoms with E-state index in [0.717, 1.165) is 34.8 Å². The van der Waals surface area contributed by atoms with Crippen LogP contribution in [0.1, 0.15) is 5.56 Å². The van der Waals surface area contributed by atoms with Gasteiger partial charge in [-0.2, -0.15) is 13.2 Å². The summed E-state index contributed by atoms with van der Waals surface area (Å²) >= 11 is 0. The molecule has 198 valence electrons. The number of anilines is 3. The van der Waals surface area contributed by atoms with E-state index in [0.29, 0.717) is 11.8 Å². The van der Waals surface area contributed by atoms with E-state index in [-0.39, 0.29) is 22.0 Å². The van der Waals surface area contributed by atoms with Gasteiger partial charge in [0.15, 0.2) is 0 Å². The third-order valence-electron chi connectivity index (χ3n) is 4.92. The average Bonchev–Trinajstić information content (AvgIpc) is 2.81. The van der Waals surface area contributed by atoms with Crippen LogP contribution in [-0.4, -0.2) is 42.7 Å². The zero-order chi connectivity index (χ0) is 27.4. The minimum atomic E-state index is -4.64. The molecule has 0 saturated carbocycles. The fourth-order valence-corrected chi connectivity index (χ4v) is 5.08. The Bertz CT molecular complexity index is 1490. The number of carbonyl (C=O) groups excluding carboxylic acids is 1. The molecule has 0 spiro atoms. The lowest BCUT2D eigenvalue weighted by Crippen LogP contribution is -2.37. The largest absolute Gasteiger partial charge is 0.497 e. The third kappa shape index (κ3) is 7.36. The Morgan fingerprint density at radius 1 is 0.919 bits per heavy atom. The van der Waals surface area contributed by atoms with Gasteiger partial charge in [0, 0.05) is 17.4 Å². The first-order valence-corrected chi connectivity index (χ1v) is 13.7. The second kappa shape index (κ2) is 10.7. The number of methoxy groups -OCH3 is 1. The maximum Gasteiger partial charge on any atom is 0.416 e. The number of hydrogen-bond acceptors (Lipinski definition) is 6. The number of nitrogens with zero attached hydrogens (tertiary/aromatic N) is 1. The maximum atomic E-state index is 12.9. The summed E-state index contributed by atoms with van der Waals surface area (Å²) in [6.07, 6.45) is -3.70. The zero-order valence-corrected chi connectivity index (χ0v) is 21.1. The van der Waals surface area contributed by atoms with Crippen molar-refractivity contribution in [2.45, 2.75) is 11.1 Å². The number of amides is 1. The standard InChI is InChI=1S/C23H22F3N3O6S2/c1-35-20-8-4-7-19(14-20)29(36(2,31)32)15-22(30)27-17-9-11-21(12-10-17)37(33,34)28-18-6-3-5-16(13-18)23(24,25)26/h3-14,28H,15H2,1-2H3,(H,27,30). The van der Waals surface area contributed by atoms with Crippen LogP contribution in [0.25, 0.3) is 0 Å². The summed E-state index contributed by atoms with van der Waals surface area (Å²) in [5.74, 6) is -0.312.